The Morgan fingerprint density at radius 1 is 0.882 bits per heavy atom. The minimum Gasteiger partial charge on any atom is -0.379 e. The Labute approximate surface area is 103 Å². The van der Waals surface area contributed by atoms with Gasteiger partial charge in [-0.3, -0.25) is 4.79 Å². The maximum absolute atomic E-state index is 10.8. The van der Waals surface area contributed by atoms with Gasteiger partial charge in [0.15, 0.2) is 0 Å². The summed E-state index contributed by atoms with van der Waals surface area (Å²) < 4.78 is 15.8. The Morgan fingerprint density at radius 2 is 1.41 bits per heavy atom. The second kappa shape index (κ2) is 13.4. The van der Waals surface area contributed by atoms with Gasteiger partial charge in [0.1, 0.15) is 0 Å². The summed E-state index contributed by atoms with van der Waals surface area (Å²) in [6.45, 7) is 4.19. The van der Waals surface area contributed by atoms with E-state index in [0.717, 1.165) is 6.54 Å². The van der Waals surface area contributed by atoms with Gasteiger partial charge >= 0.3 is 0 Å². The maximum atomic E-state index is 10.8. The van der Waals surface area contributed by atoms with Crippen LogP contribution >= 0.6 is 0 Å². The maximum Gasteiger partial charge on any atom is 0.222 e. The Kier molecular flexibility index (Phi) is 12.8. The van der Waals surface area contributed by atoms with E-state index in [1.54, 1.807) is 7.05 Å². The average molecular weight is 248 g/mol. The van der Waals surface area contributed by atoms with Gasteiger partial charge in [0.2, 0.25) is 5.91 Å². The summed E-state index contributed by atoms with van der Waals surface area (Å²) in [7, 11) is 3.50. The summed E-state index contributed by atoms with van der Waals surface area (Å²) in [5.74, 6) is -0.0103. The Hall–Kier alpha value is -0.690. The van der Waals surface area contributed by atoms with Gasteiger partial charge in [-0.15, -0.1) is 0 Å². The molecule has 1 amide bonds. The molecule has 6 nitrogen and oxygen atoms in total. The van der Waals surface area contributed by atoms with Crippen molar-refractivity contribution in [1.82, 2.24) is 10.6 Å². The number of carbonyl (C=O) groups is 1. The number of nitrogens with one attached hydrogen (secondary N) is 2. The van der Waals surface area contributed by atoms with Crippen molar-refractivity contribution < 1.29 is 19.0 Å². The van der Waals surface area contributed by atoms with E-state index in [-0.39, 0.29) is 5.91 Å². The van der Waals surface area contributed by atoms with Gasteiger partial charge < -0.3 is 24.8 Å². The minimum atomic E-state index is -0.0103. The van der Waals surface area contributed by atoms with E-state index in [0.29, 0.717) is 46.1 Å². The average Bonchev–Trinajstić information content (AvgIpc) is 2.35. The molecule has 0 fully saturated rings. The first kappa shape index (κ1) is 16.3. The number of hydrogen-bond donors (Lipinski definition) is 2. The van der Waals surface area contributed by atoms with Gasteiger partial charge in [-0.05, 0) is 7.05 Å². The van der Waals surface area contributed by atoms with Gasteiger partial charge in [0, 0.05) is 20.0 Å². The summed E-state index contributed by atoms with van der Waals surface area (Å²) in [5.41, 5.74) is 0. The fraction of sp³-hybridized carbons (Fsp3) is 0.909. The zero-order chi connectivity index (χ0) is 12.8. The summed E-state index contributed by atoms with van der Waals surface area (Å²) in [6, 6.07) is 0. The van der Waals surface area contributed by atoms with E-state index in [1.807, 2.05) is 7.05 Å². The molecule has 0 spiro atoms. The molecule has 0 saturated heterocycles. The lowest BCUT2D eigenvalue weighted by Crippen LogP contribution is -2.20. The Bertz CT molecular complexity index is 179. The lowest BCUT2D eigenvalue weighted by molar-refractivity contribution is -0.121. The standard InChI is InChI=1S/C11H24N2O4/c1-12-4-6-16-8-10-17-9-7-15-5-3-11(14)13-2/h12H,3-10H2,1-2H3,(H,13,14). The Morgan fingerprint density at radius 3 is 1.94 bits per heavy atom. The van der Waals surface area contributed by atoms with E-state index in [4.69, 9.17) is 14.2 Å². The fourth-order valence-corrected chi connectivity index (χ4v) is 1.01. The zero-order valence-corrected chi connectivity index (χ0v) is 10.8. The highest BCUT2D eigenvalue weighted by atomic mass is 16.5. The van der Waals surface area contributed by atoms with Crippen molar-refractivity contribution in [3.05, 3.63) is 0 Å². The molecular weight excluding hydrogens is 224 g/mol. The van der Waals surface area contributed by atoms with Gasteiger partial charge in [-0.1, -0.05) is 0 Å². The van der Waals surface area contributed by atoms with E-state index in [2.05, 4.69) is 10.6 Å². The molecule has 0 aliphatic heterocycles. The van der Waals surface area contributed by atoms with Crippen molar-refractivity contribution in [2.24, 2.45) is 0 Å². The van der Waals surface area contributed by atoms with Crippen LogP contribution in [0.25, 0.3) is 0 Å². The normalized spacial score (nSPS) is 10.5. The van der Waals surface area contributed by atoms with Crippen molar-refractivity contribution in [2.75, 3.05) is 60.3 Å². The van der Waals surface area contributed by atoms with Crippen LogP contribution in [-0.4, -0.2) is 66.2 Å². The third kappa shape index (κ3) is 13.2. The molecule has 0 saturated carbocycles. The fourth-order valence-electron chi connectivity index (χ4n) is 1.01. The third-order valence-corrected chi connectivity index (χ3v) is 1.99. The first-order chi connectivity index (χ1) is 8.31. The van der Waals surface area contributed by atoms with Crippen molar-refractivity contribution in [1.29, 1.82) is 0 Å². The zero-order valence-electron chi connectivity index (χ0n) is 10.8. The quantitative estimate of drug-likeness (QED) is 0.451. The van der Waals surface area contributed by atoms with Crippen LogP contribution in [0.3, 0.4) is 0 Å². The molecule has 2 N–H and O–H groups in total. The molecule has 102 valence electrons. The molecule has 17 heavy (non-hydrogen) atoms. The van der Waals surface area contributed by atoms with Gasteiger partial charge in [-0.2, -0.15) is 0 Å². The van der Waals surface area contributed by atoms with Crippen LogP contribution in [0, 0.1) is 0 Å². The molecule has 0 aromatic carbocycles. The molecule has 0 aromatic heterocycles. The van der Waals surface area contributed by atoms with Crippen LogP contribution in [0.4, 0.5) is 0 Å². The number of likely N-dealkylation sites (N-methyl/N-ethyl adjacent to an activating group) is 1. The highest BCUT2D eigenvalue weighted by Crippen LogP contribution is 1.84. The van der Waals surface area contributed by atoms with Crippen molar-refractivity contribution in [3.8, 4) is 0 Å². The number of ether oxygens (including phenoxy) is 3. The summed E-state index contributed by atoms with van der Waals surface area (Å²) in [5, 5.41) is 5.52. The summed E-state index contributed by atoms with van der Waals surface area (Å²) >= 11 is 0. The summed E-state index contributed by atoms with van der Waals surface area (Å²) in [4.78, 5) is 10.8. The SMILES string of the molecule is CNCCOCCOCCOCCC(=O)NC. The predicted octanol–water partition coefficient (Wildman–Crippen LogP) is -0.608. The molecule has 0 aromatic rings. The number of amides is 1. The number of rotatable bonds is 12. The van der Waals surface area contributed by atoms with Crippen LogP contribution in [0.15, 0.2) is 0 Å². The number of carbonyl (C=O) groups excluding carboxylic acids is 1. The molecule has 0 aliphatic carbocycles. The topological polar surface area (TPSA) is 68.8 Å². The monoisotopic (exact) mass is 248 g/mol. The molecule has 0 bridgehead atoms. The molecule has 0 unspecified atom stereocenters. The predicted molar refractivity (Wildman–Crippen MR) is 65.1 cm³/mol. The molecule has 0 radical (unpaired) electrons. The molecule has 6 heteroatoms. The minimum absolute atomic E-state index is 0.0103. The Balaban J connectivity index is 2.96. The number of hydrogen-bond acceptors (Lipinski definition) is 5. The second-order valence-corrected chi connectivity index (χ2v) is 3.36. The van der Waals surface area contributed by atoms with Crippen LogP contribution < -0.4 is 10.6 Å². The van der Waals surface area contributed by atoms with E-state index in [1.165, 1.54) is 0 Å². The van der Waals surface area contributed by atoms with E-state index < -0.39 is 0 Å². The molecule has 0 atom stereocenters. The smallest absolute Gasteiger partial charge is 0.222 e. The van der Waals surface area contributed by atoms with E-state index >= 15 is 0 Å². The third-order valence-electron chi connectivity index (χ3n) is 1.99. The van der Waals surface area contributed by atoms with Crippen LogP contribution in [0.2, 0.25) is 0 Å². The van der Waals surface area contributed by atoms with Gasteiger partial charge in [0.25, 0.3) is 0 Å². The van der Waals surface area contributed by atoms with Crippen molar-refractivity contribution >= 4 is 5.91 Å². The first-order valence-corrected chi connectivity index (χ1v) is 5.89. The molecular formula is C11H24N2O4. The summed E-state index contributed by atoms with van der Waals surface area (Å²) in [6.07, 6.45) is 0.392. The molecule has 0 aliphatic rings. The van der Waals surface area contributed by atoms with Crippen LogP contribution in [0.1, 0.15) is 6.42 Å². The van der Waals surface area contributed by atoms with Gasteiger partial charge in [0.05, 0.1) is 39.6 Å². The largest absolute Gasteiger partial charge is 0.379 e. The first-order valence-electron chi connectivity index (χ1n) is 5.89. The van der Waals surface area contributed by atoms with Gasteiger partial charge in [-0.25, -0.2) is 0 Å². The van der Waals surface area contributed by atoms with Crippen molar-refractivity contribution in [3.63, 3.8) is 0 Å². The second-order valence-electron chi connectivity index (χ2n) is 3.36. The van der Waals surface area contributed by atoms with Crippen molar-refractivity contribution in [2.45, 2.75) is 6.42 Å². The van der Waals surface area contributed by atoms with Crippen LogP contribution in [-0.2, 0) is 19.0 Å². The highest BCUT2D eigenvalue weighted by Gasteiger charge is 1.96. The molecule has 0 rings (SSSR count). The lowest BCUT2D eigenvalue weighted by atomic mass is 10.4. The van der Waals surface area contributed by atoms with E-state index in [9.17, 15) is 4.79 Å². The lowest BCUT2D eigenvalue weighted by Gasteiger charge is -2.06. The molecule has 0 heterocycles. The highest BCUT2D eigenvalue weighted by molar-refractivity contribution is 5.75. The van der Waals surface area contributed by atoms with Crippen LogP contribution in [0.5, 0.6) is 0 Å².